The van der Waals surface area contributed by atoms with Gasteiger partial charge >= 0.3 is 0 Å². The van der Waals surface area contributed by atoms with E-state index in [4.69, 9.17) is 19.9 Å². The van der Waals surface area contributed by atoms with E-state index >= 15 is 0 Å². The van der Waals surface area contributed by atoms with Crippen LogP contribution in [0.15, 0.2) is 170 Å². The van der Waals surface area contributed by atoms with Gasteiger partial charge in [0.1, 0.15) is 5.01 Å². The molecule has 0 fully saturated rings. The molecular weight excluding hydrogens is 669 g/mol. The molecule has 53 heavy (non-hydrogen) atoms. The first-order chi connectivity index (χ1) is 26.3. The topological polar surface area (TPSA) is 61.4 Å². The summed E-state index contributed by atoms with van der Waals surface area (Å²) in [6.45, 7) is 0. The van der Waals surface area contributed by atoms with E-state index < -0.39 is 0 Å². The highest BCUT2D eigenvalue weighted by atomic mass is 32.1. The fourth-order valence-electron chi connectivity index (χ4n) is 7.66. The number of benzene rings is 7. The summed E-state index contributed by atoms with van der Waals surface area (Å²) in [6, 6.07) is 59.1. The summed E-state index contributed by atoms with van der Waals surface area (Å²) in [4.78, 5) is 20.9. The molecule has 0 radical (unpaired) electrons. The fourth-order valence-corrected chi connectivity index (χ4v) is 8.62. The minimum absolute atomic E-state index is 0.560. The Bertz CT molecular complexity index is 3050. The van der Waals surface area contributed by atoms with Gasteiger partial charge in [-0.2, -0.15) is 9.97 Å². The van der Waals surface area contributed by atoms with Gasteiger partial charge < -0.3 is 4.57 Å². The second-order valence-electron chi connectivity index (χ2n) is 13.1. The number of hydrogen-bond acceptors (Lipinski definition) is 5. The van der Waals surface area contributed by atoms with Gasteiger partial charge in [-0.1, -0.05) is 115 Å². The molecule has 0 saturated heterocycles. The Morgan fingerprint density at radius 3 is 1.55 bits per heavy atom. The smallest absolute Gasteiger partial charge is 0.238 e. The number of para-hydroxylation sites is 5. The van der Waals surface area contributed by atoms with Crippen LogP contribution in [-0.2, 0) is 0 Å². The van der Waals surface area contributed by atoms with E-state index in [1.165, 1.54) is 10.8 Å². The zero-order valence-corrected chi connectivity index (χ0v) is 29.1. The highest BCUT2D eigenvalue weighted by molar-refractivity contribution is 7.21. The van der Waals surface area contributed by atoms with Crippen LogP contribution in [0.2, 0.25) is 0 Å². The van der Waals surface area contributed by atoms with Gasteiger partial charge in [-0.05, 0) is 54.6 Å². The molecule has 0 spiro atoms. The van der Waals surface area contributed by atoms with Gasteiger partial charge in [-0.25, -0.2) is 9.97 Å². The Morgan fingerprint density at radius 2 is 0.925 bits per heavy atom. The average molecular weight is 697 g/mol. The number of fused-ring (bicyclic) bond motifs is 7. The summed E-state index contributed by atoms with van der Waals surface area (Å²) in [7, 11) is 0. The monoisotopic (exact) mass is 696 g/mol. The Balaban J connectivity index is 1.25. The van der Waals surface area contributed by atoms with Crippen LogP contribution in [-0.4, -0.2) is 29.1 Å². The standard InChI is InChI=1S/C46H28N6S/c1-2-14-29(15-3-1)43-48-44(50-46(49-43)52-39-23-11-6-18-33(39)34-19-7-12-24-40(34)52)35-28-30(45-47-36-20-8-13-25-42(36)53-45)26-27-41(35)51-37-21-9-4-16-31(37)32-17-5-10-22-38(32)51/h1-28H. The molecule has 11 rings (SSSR count). The number of aromatic nitrogens is 6. The molecule has 4 heterocycles. The molecule has 11 aromatic rings. The van der Waals surface area contributed by atoms with Crippen molar-refractivity contribution >= 4 is 65.2 Å². The number of nitrogens with zero attached hydrogens (tertiary/aromatic N) is 6. The summed E-state index contributed by atoms with van der Waals surface area (Å²) in [5.41, 5.74) is 9.07. The van der Waals surface area contributed by atoms with Crippen molar-refractivity contribution in [3.05, 3.63) is 170 Å². The summed E-state index contributed by atoms with van der Waals surface area (Å²) in [5.74, 6) is 1.74. The second kappa shape index (κ2) is 11.8. The first-order valence-electron chi connectivity index (χ1n) is 17.6. The maximum absolute atomic E-state index is 5.39. The maximum Gasteiger partial charge on any atom is 0.238 e. The van der Waals surface area contributed by atoms with Crippen molar-refractivity contribution in [3.8, 4) is 45.0 Å². The number of rotatable bonds is 5. The van der Waals surface area contributed by atoms with Gasteiger partial charge in [0.25, 0.3) is 0 Å². The molecule has 6 nitrogen and oxygen atoms in total. The van der Waals surface area contributed by atoms with Crippen LogP contribution in [0.1, 0.15) is 0 Å². The quantitative estimate of drug-likeness (QED) is 0.180. The highest BCUT2D eigenvalue weighted by Gasteiger charge is 2.22. The third kappa shape index (κ3) is 4.71. The molecule has 0 aliphatic carbocycles. The van der Waals surface area contributed by atoms with Crippen LogP contribution in [0.4, 0.5) is 0 Å². The minimum atomic E-state index is 0.560. The van der Waals surface area contributed by atoms with E-state index in [2.05, 4.69) is 155 Å². The SMILES string of the molecule is c1ccc(-c2nc(-c3cc(-c4nc5ccccc5s4)ccc3-n3c4ccccc4c4ccccc43)nc(-n3c4ccccc4c4ccccc43)n2)cc1. The van der Waals surface area contributed by atoms with Gasteiger partial charge in [-0.15, -0.1) is 11.3 Å². The average Bonchev–Trinajstić information content (AvgIpc) is 3.91. The number of thiazole rings is 1. The van der Waals surface area contributed by atoms with E-state index in [9.17, 15) is 0 Å². The second-order valence-corrected chi connectivity index (χ2v) is 14.1. The normalized spacial score (nSPS) is 11.8. The molecule has 0 unspecified atom stereocenters. The number of hydrogen-bond donors (Lipinski definition) is 0. The molecule has 7 aromatic carbocycles. The van der Waals surface area contributed by atoms with Crippen LogP contribution < -0.4 is 0 Å². The molecule has 0 aliphatic heterocycles. The van der Waals surface area contributed by atoms with Gasteiger partial charge in [0.2, 0.25) is 5.95 Å². The summed E-state index contributed by atoms with van der Waals surface area (Å²) in [6.07, 6.45) is 0. The predicted octanol–water partition coefficient (Wildman–Crippen LogP) is 11.7. The molecule has 0 saturated carbocycles. The highest BCUT2D eigenvalue weighted by Crippen LogP contribution is 2.40. The molecule has 0 amide bonds. The van der Waals surface area contributed by atoms with E-state index in [1.54, 1.807) is 11.3 Å². The Kier molecular flexibility index (Phi) is 6.62. The van der Waals surface area contributed by atoms with Gasteiger partial charge in [-0.3, -0.25) is 4.57 Å². The van der Waals surface area contributed by atoms with Gasteiger partial charge in [0.05, 0.1) is 38.0 Å². The molecule has 4 aromatic heterocycles. The van der Waals surface area contributed by atoms with Crippen molar-refractivity contribution in [2.75, 3.05) is 0 Å². The molecule has 0 N–H and O–H groups in total. The zero-order valence-electron chi connectivity index (χ0n) is 28.3. The Hall–Kier alpha value is -6.96. The van der Waals surface area contributed by atoms with Crippen molar-refractivity contribution in [3.63, 3.8) is 0 Å². The lowest BCUT2D eigenvalue weighted by molar-refractivity contribution is 0.952. The maximum atomic E-state index is 5.39. The van der Waals surface area contributed by atoms with Crippen molar-refractivity contribution in [2.45, 2.75) is 0 Å². The van der Waals surface area contributed by atoms with Gasteiger partial charge in [0.15, 0.2) is 11.6 Å². The summed E-state index contributed by atoms with van der Waals surface area (Å²) >= 11 is 1.69. The van der Waals surface area contributed by atoms with Crippen molar-refractivity contribution in [1.82, 2.24) is 29.1 Å². The third-order valence-corrected chi connectivity index (χ3v) is 11.1. The van der Waals surface area contributed by atoms with Crippen LogP contribution in [0.25, 0.3) is 98.8 Å². The predicted molar refractivity (Wildman–Crippen MR) is 218 cm³/mol. The molecule has 7 heteroatoms. The first kappa shape index (κ1) is 29.7. The lowest BCUT2D eigenvalue weighted by Crippen LogP contribution is -2.08. The van der Waals surface area contributed by atoms with E-state index in [0.29, 0.717) is 17.6 Å². The minimum Gasteiger partial charge on any atom is -0.309 e. The Labute approximate surface area is 307 Å². The third-order valence-electron chi connectivity index (χ3n) is 10.0. The lowest BCUT2D eigenvalue weighted by atomic mass is 10.1. The van der Waals surface area contributed by atoms with E-state index in [1.807, 2.05) is 24.3 Å². The van der Waals surface area contributed by atoms with Crippen LogP contribution in [0.3, 0.4) is 0 Å². The summed E-state index contributed by atoms with van der Waals surface area (Å²) in [5, 5.41) is 5.62. The molecule has 0 bridgehead atoms. The van der Waals surface area contributed by atoms with Gasteiger partial charge in [0, 0.05) is 38.2 Å². The largest absolute Gasteiger partial charge is 0.309 e. The van der Waals surface area contributed by atoms with Crippen molar-refractivity contribution in [2.24, 2.45) is 0 Å². The molecule has 0 aliphatic rings. The van der Waals surface area contributed by atoms with Crippen LogP contribution in [0.5, 0.6) is 0 Å². The lowest BCUT2D eigenvalue weighted by Gasteiger charge is -2.16. The molecule has 0 atom stereocenters. The fraction of sp³-hybridized carbons (Fsp3) is 0. The van der Waals surface area contributed by atoms with Crippen molar-refractivity contribution in [1.29, 1.82) is 0 Å². The first-order valence-corrected chi connectivity index (χ1v) is 18.4. The molecule has 248 valence electrons. The van der Waals surface area contributed by atoms with Crippen LogP contribution >= 0.6 is 11.3 Å². The van der Waals surface area contributed by atoms with E-state index in [-0.39, 0.29) is 0 Å². The zero-order chi connectivity index (χ0) is 34.9. The Morgan fingerprint density at radius 1 is 0.396 bits per heavy atom. The van der Waals surface area contributed by atoms with E-state index in [0.717, 1.165) is 70.4 Å². The van der Waals surface area contributed by atoms with Crippen molar-refractivity contribution < 1.29 is 0 Å². The molecular formula is C46H28N6S. The van der Waals surface area contributed by atoms with Crippen LogP contribution in [0, 0.1) is 0 Å². The summed E-state index contributed by atoms with van der Waals surface area (Å²) < 4.78 is 5.66.